The Labute approximate surface area is 116 Å². The van der Waals surface area contributed by atoms with Crippen LogP contribution in [0.3, 0.4) is 0 Å². The SMILES string of the molecule is Cn1ccnc1CC1CCCN(CCCCCO)C1. The highest BCUT2D eigenvalue weighted by atomic mass is 16.2. The summed E-state index contributed by atoms with van der Waals surface area (Å²) < 4.78 is 2.14. The first-order valence-electron chi connectivity index (χ1n) is 7.59. The minimum atomic E-state index is 0.335. The third kappa shape index (κ3) is 4.62. The van der Waals surface area contributed by atoms with Crippen LogP contribution in [0.5, 0.6) is 0 Å². The fourth-order valence-electron chi connectivity index (χ4n) is 3.00. The quantitative estimate of drug-likeness (QED) is 0.765. The fraction of sp³-hybridized carbons (Fsp3) is 0.800. The molecule has 1 aromatic rings. The predicted octanol–water partition coefficient (Wildman–Crippen LogP) is 1.84. The summed E-state index contributed by atoms with van der Waals surface area (Å²) in [6, 6.07) is 0. The van der Waals surface area contributed by atoms with E-state index in [1.165, 1.54) is 44.7 Å². The average Bonchev–Trinajstić information content (AvgIpc) is 2.81. The Bertz CT molecular complexity index is 364. The van der Waals surface area contributed by atoms with Crippen LogP contribution in [0.15, 0.2) is 12.4 Å². The van der Waals surface area contributed by atoms with E-state index in [9.17, 15) is 0 Å². The second-order valence-electron chi connectivity index (χ2n) is 5.75. The molecule has 0 aromatic carbocycles. The number of imidazole rings is 1. The van der Waals surface area contributed by atoms with Crippen molar-refractivity contribution in [3.63, 3.8) is 0 Å². The van der Waals surface area contributed by atoms with Crippen molar-refractivity contribution in [2.75, 3.05) is 26.2 Å². The number of aryl methyl sites for hydroxylation is 1. The number of piperidine rings is 1. The smallest absolute Gasteiger partial charge is 0.108 e. The first kappa shape index (κ1) is 14.5. The number of unbranched alkanes of at least 4 members (excludes halogenated alkanes) is 2. The van der Waals surface area contributed by atoms with Gasteiger partial charge < -0.3 is 14.6 Å². The van der Waals surface area contributed by atoms with Gasteiger partial charge in [0, 0.05) is 39.0 Å². The van der Waals surface area contributed by atoms with Gasteiger partial charge in [0.2, 0.25) is 0 Å². The van der Waals surface area contributed by atoms with Crippen molar-refractivity contribution in [1.29, 1.82) is 0 Å². The second kappa shape index (κ2) is 7.65. The molecule has 2 heterocycles. The van der Waals surface area contributed by atoms with Crippen molar-refractivity contribution >= 4 is 0 Å². The third-order valence-electron chi connectivity index (χ3n) is 4.13. The summed E-state index contributed by atoms with van der Waals surface area (Å²) in [6.07, 6.45) is 11.0. The summed E-state index contributed by atoms with van der Waals surface area (Å²) in [5.41, 5.74) is 0. The molecule has 0 radical (unpaired) electrons. The molecule has 0 spiro atoms. The molecule has 1 fully saturated rings. The highest BCUT2D eigenvalue weighted by molar-refractivity contribution is 4.94. The molecule has 1 aromatic heterocycles. The molecule has 0 aliphatic carbocycles. The number of rotatable bonds is 7. The minimum Gasteiger partial charge on any atom is -0.396 e. The molecule has 1 unspecified atom stereocenters. The van der Waals surface area contributed by atoms with Crippen molar-refractivity contribution in [3.8, 4) is 0 Å². The van der Waals surface area contributed by atoms with Crippen molar-refractivity contribution in [2.45, 2.75) is 38.5 Å². The fourth-order valence-corrected chi connectivity index (χ4v) is 3.00. The maximum Gasteiger partial charge on any atom is 0.108 e. The van der Waals surface area contributed by atoms with Crippen molar-refractivity contribution < 1.29 is 5.11 Å². The molecular weight excluding hydrogens is 238 g/mol. The van der Waals surface area contributed by atoms with Crippen LogP contribution in [0.1, 0.15) is 37.9 Å². The van der Waals surface area contributed by atoms with Crippen LogP contribution >= 0.6 is 0 Å². The van der Waals surface area contributed by atoms with Gasteiger partial charge in [-0.2, -0.15) is 0 Å². The lowest BCUT2D eigenvalue weighted by Gasteiger charge is -2.32. The van der Waals surface area contributed by atoms with E-state index in [4.69, 9.17) is 5.11 Å². The topological polar surface area (TPSA) is 41.3 Å². The molecule has 0 amide bonds. The van der Waals surface area contributed by atoms with Crippen LogP contribution < -0.4 is 0 Å². The predicted molar refractivity (Wildman–Crippen MR) is 77.0 cm³/mol. The molecule has 2 rings (SSSR count). The highest BCUT2D eigenvalue weighted by Crippen LogP contribution is 2.20. The molecule has 4 nitrogen and oxygen atoms in total. The number of aromatic nitrogens is 2. The van der Waals surface area contributed by atoms with Crippen LogP contribution in [0.4, 0.5) is 0 Å². The number of hydrogen-bond donors (Lipinski definition) is 1. The summed E-state index contributed by atoms with van der Waals surface area (Å²) in [4.78, 5) is 7.03. The zero-order valence-corrected chi connectivity index (χ0v) is 12.1. The van der Waals surface area contributed by atoms with Gasteiger partial charge in [-0.05, 0) is 51.1 Å². The molecule has 1 aliphatic heterocycles. The van der Waals surface area contributed by atoms with Gasteiger partial charge in [0.05, 0.1) is 0 Å². The van der Waals surface area contributed by atoms with Crippen LogP contribution in [-0.4, -0.2) is 45.8 Å². The zero-order valence-electron chi connectivity index (χ0n) is 12.1. The Morgan fingerprint density at radius 2 is 2.26 bits per heavy atom. The van der Waals surface area contributed by atoms with E-state index in [1.807, 2.05) is 12.4 Å². The van der Waals surface area contributed by atoms with Gasteiger partial charge in [-0.25, -0.2) is 4.98 Å². The Morgan fingerprint density at radius 3 is 3.00 bits per heavy atom. The highest BCUT2D eigenvalue weighted by Gasteiger charge is 2.20. The van der Waals surface area contributed by atoms with E-state index in [0.717, 1.165) is 25.2 Å². The van der Waals surface area contributed by atoms with Gasteiger partial charge >= 0.3 is 0 Å². The van der Waals surface area contributed by atoms with E-state index in [-0.39, 0.29) is 0 Å². The minimum absolute atomic E-state index is 0.335. The van der Waals surface area contributed by atoms with E-state index in [1.54, 1.807) is 0 Å². The Hall–Kier alpha value is -0.870. The van der Waals surface area contributed by atoms with Crippen LogP contribution in [0.2, 0.25) is 0 Å². The van der Waals surface area contributed by atoms with Crippen molar-refractivity contribution in [1.82, 2.24) is 14.5 Å². The number of nitrogens with zero attached hydrogens (tertiary/aromatic N) is 3. The molecule has 1 aliphatic rings. The molecule has 1 N–H and O–H groups in total. The first-order valence-corrected chi connectivity index (χ1v) is 7.59. The Kier molecular flexibility index (Phi) is 5.86. The lowest BCUT2D eigenvalue weighted by atomic mass is 9.94. The molecule has 108 valence electrons. The average molecular weight is 265 g/mol. The Morgan fingerprint density at radius 1 is 1.37 bits per heavy atom. The van der Waals surface area contributed by atoms with Crippen LogP contribution in [0.25, 0.3) is 0 Å². The molecule has 19 heavy (non-hydrogen) atoms. The monoisotopic (exact) mass is 265 g/mol. The number of aliphatic hydroxyl groups is 1. The molecule has 0 bridgehead atoms. The molecular formula is C15H27N3O. The van der Waals surface area contributed by atoms with Gasteiger partial charge in [0.1, 0.15) is 5.82 Å². The third-order valence-corrected chi connectivity index (χ3v) is 4.13. The molecule has 1 saturated heterocycles. The molecule has 0 saturated carbocycles. The van der Waals surface area contributed by atoms with Crippen molar-refractivity contribution in [3.05, 3.63) is 18.2 Å². The Balaban J connectivity index is 1.72. The van der Waals surface area contributed by atoms with Crippen LogP contribution in [-0.2, 0) is 13.5 Å². The van der Waals surface area contributed by atoms with E-state index >= 15 is 0 Å². The number of aliphatic hydroxyl groups excluding tert-OH is 1. The summed E-state index contributed by atoms with van der Waals surface area (Å²) in [7, 11) is 2.08. The van der Waals surface area contributed by atoms with Gasteiger partial charge in [-0.15, -0.1) is 0 Å². The van der Waals surface area contributed by atoms with Gasteiger partial charge in [0.25, 0.3) is 0 Å². The lowest BCUT2D eigenvalue weighted by Crippen LogP contribution is -2.37. The normalized spacial score (nSPS) is 20.8. The summed E-state index contributed by atoms with van der Waals surface area (Å²) in [5.74, 6) is 1.97. The van der Waals surface area contributed by atoms with E-state index < -0.39 is 0 Å². The van der Waals surface area contributed by atoms with Gasteiger partial charge in [-0.1, -0.05) is 0 Å². The van der Waals surface area contributed by atoms with E-state index in [2.05, 4.69) is 21.5 Å². The lowest BCUT2D eigenvalue weighted by molar-refractivity contribution is 0.168. The molecule has 4 heteroatoms. The number of hydrogen-bond acceptors (Lipinski definition) is 3. The van der Waals surface area contributed by atoms with Crippen LogP contribution in [0, 0.1) is 5.92 Å². The van der Waals surface area contributed by atoms with Gasteiger partial charge in [-0.3, -0.25) is 0 Å². The summed E-state index contributed by atoms with van der Waals surface area (Å²) >= 11 is 0. The molecule has 1 atom stereocenters. The standard InChI is InChI=1S/C15H27N3O/c1-17-10-7-16-15(17)12-14-6-5-9-18(13-14)8-3-2-4-11-19/h7,10,14,19H,2-6,8-9,11-13H2,1H3. The zero-order chi connectivity index (χ0) is 13.5. The largest absolute Gasteiger partial charge is 0.396 e. The first-order chi connectivity index (χ1) is 9.29. The second-order valence-corrected chi connectivity index (χ2v) is 5.75. The maximum atomic E-state index is 8.79. The van der Waals surface area contributed by atoms with Gasteiger partial charge in [0.15, 0.2) is 0 Å². The maximum absolute atomic E-state index is 8.79. The van der Waals surface area contributed by atoms with E-state index in [0.29, 0.717) is 6.61 Å². The number of likely N-dealkylation sites (tertiary alicyclic amines) is 1. The summed E-state index contributed by atoms with van der Waals surface area (Å²) in [6.45, 7) is 3.99. The van der Waals surface area contributed by atoms with Crippen molar-refractivity contribution in [2.24, 2.45) is 13.0 Å². The summed E-state index contributed by atoms with van der Waals surface area (Å²) in [5, 5.41) is 8.79.